The summed E-state index contributed by atoms with van der Waals surface area (Å²) in [6.07, 6.45) is 4.11. The fraction of sp³-hybridized carbons (Fsp3) is 0.444. The molecule has 1 aromatic heterocycles. The molecule has 1 saturated carbocycles. The lowest BCUT2D eigenvalue weighted by molar-refractivity contribution is 0.205. The van der Waals surface area contributed by atoms with E-state index in [0.717, 1.165) is 17.8 Å². The third kappa shape index (κ3) is 3.72. The van der Waals surface area contributed by atoms with Crippen LogP contribution in [0.1, 0.15) is 36.3 Å². The van der Waals surface area contributed by atoms with Crippen LogP contribution in [0.2, 0.25) is 0 Å². The molecule has 0 radical (unpaired) electrons. The van der Waals surface area contributed by atoms with Crippen molar-refractivity contribution in [1.82, 2.24) is 15.2 Å². The molecular formula is C18H23N3OS. The van der Waals surface area contributed by atoms with Gasteiger partial charge in [-0.25, -0.2) is 9.78 Å². The zero-order chi connectivity index (χ0) is 16.3. The molecule has 4 nitrogen and oxygen atoms in total. The molecule has 0 unspecified atom stereocenters. The van der Waals surface area contributed by atoms with E-state index in [9.17, 15) is 4.79 Å². The van der Waals surface area contributed by atoms with Gasteiger partial charge < -0.3 is 10.2 Å². The Hall–Kier alpha value is -1.88. The molecule has 0 spiro atoms. The van der Waals surface area contributed by atoms with Crippen molar-refractivity contribution in [3.05, 3.63) is 52.5 Å². The van der Waals surface area contributed by atoms with Crippen molar-refractivity contribution in [2.45, 2.75) is 31.1 Å². The quantitative estimate of drug-likeness (QED) is 0.880. The van der Waals surface area contributed by atoms with Crippen LogP contribution in [0, 0.1) is 0 Å². The number of nitrogens with zero attached hydrogens (tertiary/aromatic N) is 2. The first-order valence-corrected chi connectivity index (χ1v) is 8.92. The summed E-state index contributed by atoms with van der Waals surface area (Å²) < 4.78 is 0. The largest absolute Gasteiger partial charge is 0.337 e. The molecule has 5 heteroatoms. The maximum Gasteiger partial charge on any atom is 0.317 e. The third-order valence-electron chi connectivity index (χ3n) is 4.59. The first-order chi connectivity index (χ1) is 11.1. The SMILES string of the molecule is C[C@H](CN(C)C(=O)NCC1(c2ccccc2)CC1)c1nccs1. The maximum atomic E-state index is 12.4. The number of hydrogen-bond acceptors (Lipinski definition) is 3. The molecule has 0 saturated heterocycles. The van der Waals surface area contributed by atoms with Gasteiger partial charge in [-0.3, -0.25) is 0 Å². The Bertz CT molecular complexity index is 638. The molecule has 2 aromatic rings. The van der Waals surface area contributed by atoms with Gasteiger partial charge in [0.1, 0.15) is 0 Å². The fourth-order valence-electron chi connectivity index (χ4n) is 2.94. The summed E-state index contributed by atoms with van der Waals surface area (Å²) in [5, 5.41) is 6.16. The zero-order valence-corrected chi connectivity index (χ0v) is 14.5. The Balaban J connectivity index is 1.51. The highest BCUT2D eigenvalue weighted by Gasteiger charge is 2.44. The highest BCUT2D eigenvalue weighted by Crippen LogP contribution is 2.47. The summed E-state index contributed by atoms with van der Waals surface area (Å²) in [4.78, 5) is 18.4. The second-order valence-corrected chi connectivity index (χ2v) is 7.38. The van der Waals surface area contributed by atoms with Gasteiger partial charge in [0, 0.05) is 43.0 Å². The Labute approximate surface area is 141 Å². The predicted molar refractivity (Wildman–Crippen MR) is 93.9 cm³/mol. The van der Waals surface area contributed by atoms with Crippen LogP contribution < -0.4 is 5.32 Å². The van der Waals surface area contributed by atoms with Crippen LogP contribution in [0.3, 0.4) is 0 Å². The van der Waals surface area contributed by atoms with E-state index < -0.39 is 0 Å². The molecule has 2 amide bonds. The first-order valence-electron chi connectivity index (χ1n) is 8.05. The smallest absolute Gasteiger partial charge is 0.317 e. The number of aromatic nitrogens is 1. The standard InChI is InChI=1S/C18H23N3OS/c1-14(16-19-10-11-23-16)12-21(2)17(22)20-13-18(8-9-18)15-6-4-3-5-7-15/h3-7,10-11,14H,8-9,12-13H2,1-2H3,(H,20,22)/t14-/m1/s1. The molecule has 1 aliphatic carbocycles. The van der Waals surface area contributed by atoms with Crippen molar-refractivity contribution in [3.8, 4) is 0 Å². The number of rotatable bonds is 6. The minimum absolute atomic E-state index is 0.00406. The van der Waals surface area contributed by atoms with E-state index in [0.29, 0.717) is 13.1 Å². The van der Waals surface area contributed by atoms with Crippen molar-refractivity contribution in [3.63, 3.8) is 0 Å². The summed E-state index contributed by atoms with van der Waals surface area (Å²) in [5.74, 6) is 0.259. The van der Waals surface area contributed by atoms with E-state index in [1.165, 1.54) is 5.56 Å². The highest BCUT2D eigenvalue weighted by molar-refractivity contribution is 7.09. The van der Waals surface area contributed by atoms with Gasteiger partial charge in [0.25, 0.3) is 0 Å². The van der Waals surface area contributed by atoms with Crippen molar-refractivity contribution >= 4 is 17.4 Å². The van der Waals surface area contributed by atoms with E-state index in [2.05, 4.69) is 41.5 Å². The van der Waals surface area contributed by atoms with Crippen LogP contribution in [0.15, 0.2) is 41.9 Å². The van der Waals surface area contributed by atoms with E-state index in [1.807, 2.05) is 24.7 Å². The van der Waals surface area contributed by atoms with Gasteiger partial charge >= 0.3 is 6.03 Å². The summed E-state index contributed by atoms with van der Waals surface area (Å²) >= 11 is 1.64. The monoisotopic (exact) mass is 329 g/mol. The first kappa shape index (κ1) is 16.0. The normalized spacial score (nSPS) is 16.6. The minimum atomic E-state index is -0.00406. The van der Waals surface area contributed by atoms with Crippen LogP contribution in [-0.2, 0) is 5.41 Å². The topological polar surface area (TPSA) is 45.2 Å². The van der Waals surface area contributed by atoms with Crippen molar-refractivity contribution in [2.75, 3.05) is 20.1 Å². The van der Waals surface area contributed by atoms with Crippen molar-refractivity contribution in [1.29, 1.82) is 0 Å². The van der Waals surface area contributed by atoms with Gasteiger partial charge in [-0.1, -0.05) is 37.3 Å². The molecule has 3 rings (SSSR count). The zero-order valence-electron chi connectivity index (χ0n) is 13.7. The Morgan fingerprint density at radius 2 is 2.13 bits per heavy atom. The minimum Gasteiger partial charge on any atom is -0.337 e. The Morgan fingerprint density at radius 1 is 1.39 bits per heavy atom. The third-order valence-corrected chi connectivity index (χ3v) is 5.59. The van der Waals surface area contributed by atoms with Crippen LogP contribution in [0.5, 0.6) is 0 Å². The number of hydrogen-bond donors (Lipinski definition) is 1. The van der Waals surface area contributed by atoms with Gasteiger partial charge in [-0.05, 0) is 18.4 Å². The number of amides is 2. The van der Waals surface area contributed by atoms with Crippen LogP contribution in [0.25, 0.3) is 0 Å². The maximum absolute atomic E-state index is 12.4. The number of urea groups is 1. The molecular weight excluding hydrogens is 306 g/mol. The van der Waals surface area contributed by atoms with Crippen molar-refractivity contribution < 1.29 is 4.79 Å². The van der Waals surface area contributed by atoms with E-state index in [4.69, 9.17) is 0 Å². The average molecular weight is 329 g/mol. The molecule has 1 fully saturated rings. The molecule has 0 bridgehead atoms. The van der Waals surface area contributed by atoms with Gasteiger partial charge in [0.15, 0.2) is 0 Å². The van der Waals surface area contributed by atoms with E-state index in [1.54, 1.807) is 16.2 Å². The number of thiazole rings is 1. The van der Waals surface area contributed by atoms with Crippen LogP contribution in [-0.4, -0.2) is 36.1 Å². The molecule has 1 aliphatic rings. The number of carbonyl (C=O) groups excluding carboxylic acids is 1. The highest BCUT2D eigenvalue weighted by atomic mass is 32.1. The number of nitrogens with one attached hydrogen (secondary N) is 1. The van der Waals surface area contributed by atoms with Crippen LogP contribution >= 0.6 is 11.3 Å². The Kier molecular flexibility index (Phi) is 4.66. The Morgan fingerprint density at radius 3 is 2.74 bits per heavy atom. The lowest BCUT2D eigenvalue weighted by Gasteiger charge is -2.23. The average Bonchev–Trinajstić information content (AvgIpc) is 3.16. The summed E-state index contributed by atoms with van der Waals surface area (Å²) in [7, 11) is 1.85. The van der Waals surface area contributed by atoms with Gasteiger partial charge in [0.2, 0.25) is 0 Å². The molecule has 1 N–H and O–H groups in total. The van der Waals surface area contributed by atoms with Crippen molar-refractivity contribution in [2.24, 2.45) is 0 Å². The fourth-order valence-corrected chi connectivity index (χ4v) is 3.63. The van der Waals surface area contributed by atoms with Gasteiger partial charge in [-0.15, -0.1) is 11.3 Å². The second kappa shape index (κ2) is 6.71. The number of carbonyl (C=O) groups is 1. The van der Waals surface area contributed by atoms with E-state index >= 15 is 0 Å². The summed E-state index contributed by atoms with van der Waals surface area (Å²) in [6, 6.07) is 10.5. The molecule has 1 aromatic carbocycles. The van der Waals surface area contributed by atoms with Crippen LogP contribution in [0.4, 0.5) is 4.79 Å². The molecule has 1 heterocycles. The predicted octanol–water partition coefficient (Wildman–Crippen LogP) is 3.62. The van der Waals surface area contributed by atoms with Gasteiger partial charge in [0.05, 0.1) is 5.01 Å². The van der Waals surface area contributed by atoms with Gasteiger partial charge in [-0.2, -0.15) is 0 Å². The second-order valence-electron chi connectivity index (χ2n) is 6.46. The molecule has 122 valence electrons. The molecule has 23 heavy (non-hydrogen) atoms. The number of likely N-dealkylation sites (N-methyl/N-ethyl adjacent to an activating group) is 1. The van der Waals surface area contributed by atoms with E-state index in [-0.39, 0.29) is 17.4 Å². The molecule has 0 aliphatic heterocycles. The lowest BCUT2D eigenvalue weighted by atomic mass is 9.96. The molecule has 1 atom stereocenters. The number of benzene rings is 1. The summed E-state index contributed by atoms with van der Waals surface area (Å²) in [6.45, 7) is 3.50. The summed E-state index contributed by atoms with van der Waals surface area (Å²) in [5.41, 5.74) is 1.48. The lowest BCUT2D eigenvalue weighted by Crippen LogP contribution is -2.42.